The van der Waals surface area contributed by atoms with E-state index in [1.807, 2.05) is 42.5 Å². The third kappa shape index (κ3) is 3.27. The molecule has 1 saturated heterocycles. The fourth-order valence-corrected chi connectivity index (χ4v) is 4.71. The Bertz CT molecular complexity index is 1110. The van der Waals surface area contributed by atoms with Crippen LogP contribution in [0.1, 0.15) is 23.2 Å². The van der Waals surface area contributed by atoms with Crippen molar-refractivity contribution in [2.75, 3.05) is 20.2 Å². The second-order valence-corrected chi connectivity index (χ2v) is 8.05. The molecule has 0 saturated carbocycles. The maximum absolute atomic E-state index is 13.0. The van der Waals surface area contributed by atoms with Crippen LogP contribution < -0.4 is 4.74 Å². The molecule has 2 aromatic carbocycles. The molecule has 3 aromatic rings. The number of imide groups is 1. The lowest BCUT2D eigenvalue weighted by molar-refractivity contribution is -0.139. The number of carbonyl (C=O) groups excluding carboxylic acids is 2. The van der Waals surface area contributed by atoms with Gasteiger partial charge in [-0.3, -0.25) is 19.4 Å². The maximum Gasteiger partial charge on any atom is 0.247 e. The van der Waals surface area contributed by atoms with Crippen molar-refractivity contribution in [3.8, 4) is 5.75 Å². The molecular weight excluding hydrogens is 378 g/mol. The highest BCUT2D eigenvalue weighted by Gasteiger charge is 2.42. The molecule has 2 aliphatic rings. The highest BCUT2D eigenvalue weighted by atomic mass is 16.5. The molecule has 1 aromatic heterocycles. The van der Waals surface area contributed by atoms with E-state index < -0.39 is 0 Å². The van der Waals surface area contributed by atoms with Crippen molar-refractivity contribution in [2.24, 2.45) is 0 Å². The molecule has 1 N–H and O–H groups in total. The van der Waals surface area contributed by atoms with Crippen molar-refractivity contribution in [2.45, 2.75) is 31.8 Å². The SMILES string of the molecule is COc1ccc2[nH]c3c(c2c1)CCN(C1CC(=O)N(CCc2ccccc2)C1=O)C3. The molecule has 154 valence electrons. The summed E-state index contributed by atoms with van der Waals surface area (Å²) in [5.74, 6) is 0.725. The number of hydrogen-bond acceptors (Lipinski definition) is 4. The van der Waals surface area contributed by atoms with Crippen LogP contribution in [0.5, 0.6) is 5.75 Å². The number of amides is 2. The van der Waals surface area contributed by atoms with Crippen molar-refractivity contribution < 1.29 is 14.3 Å². The van der Waals surface area contributed by atoms with E-state index in [1.165, 1.54) is 15.8 Å². The first-order chi connectivity index (χ1) is 14.6. The van der Waals surface area contributed by atoms with Crippen LogP contribution in [0, 0.1) is 0 Å². The summed E-state index contributed by atoms with van der Waals surface area (Å²) in [7, 11) is 1.67. The number of aromatic amines is 1. The molecule has 2 amide bonds. The zero-order chi connectivity index (χ0) is 20.7. The number of fused-ring (bicyclic) bond motifs is 3. The molecule has 0 radical (unpaired) electrons. The fourth-order valence-electron chi connectivity index (χ4n) is 4.71. The summed E-state index contributed by atoms with van der Waals surface area (Å²) in [6, 6.07) is 15.7. The number of nitrogens with zero attached hydrogens (tertiary/aromatic N) is 2. The van der Waals surface area contributed by atoms with Crippen molar-refractivity contribution in [1.82, 2.24) is 14.8 Å². The number of aromatic nitrogens is 1. The standard InChI is InChI=1S/C24H25N3O3/c1-30-17-7-8-20-19(13-17)18-10-11-26(15-21(18)25-20)22-14-23(28)27(24(22)29)12-9-16-5-3-2-4-6-16/h2-8,13,22,25H,9-12,14-15H2,1H3. The summed E-state index contributed by atoms with van der Waals surface area (Å²) in [6.45, 7) is 1.87. The summed E-state index contributed by atoms with van der Waals surface area (Å²) in [6.07, 6.45) is 1.82. The predicted octanol–water partition coefficient (Wildman–Crippen LogP) is 2.90. The minimum absolute atomic E-state index is 0.0582. The van der Waals surface area contributed by atoms with Crippen LogP contribution in [0.15, 0.2) is 48.5 Å². The van der Waals surface area contributed by atoms with Gasteiger partial charge in [-0.25, -0.2) is 0 Å². The summed E-state index contributed by atoms with van der Waals surface area (Å²) in [5.41, 5.74) is 4.64. The summed E-state index contributed by atoms with van der Waals surface area (Å²) in [5, 5.41) is 1.18. The topological polar surface area (TPSA) is 65.6 Å². The Morgan fingerprint density at radius 1 is 1.13 bits per heavy atom. The Balaban J connectivity index is 1.31. The second kappa shape index (κ2) is 7.61. The lowest BCUT2D eigenvalue weighted by Gasteiger charge is -2.30. The Morgan fingerprint density at radius 3 is 2.77 bits per heavy atom. The van der Waals surface area contributed by atoms with Crippen LogP contribution in [0.3, 0.4) is 0 Å². The number of hydrogen-bond donors (Lipinski definition) is 1. The van der Waals surface area contributed by atoms with E-state index in [9.17, 15) is 9.59 Å². The average molecular weight is 403 g/mol. The Hall–Kier alpha value is -3.12. The number of likely N-dealkylation sites (tertiary alicyclic amines) is 1. The Labute approximate surface area is 175 Å². The quantitative estimate of drug-likeness (QED) is 0.666. The van der Waals surface area contributed by atoms with Crippen LogP contribution >= 0.6 is 0 Å². The molecule has 1 fully saturated rings. The van der Waals surface area contributed by atoms with E-state index in [2.05, 4.69) is 16.0 Å². The summed E-state index contributed by atoms with van der Waals surface area (Å²) in [4.78, 5) is 32.7. The van der Waals surface area contributed by atoms with E-state index >= 15 is 0 Å². The average Bonchev–Trinajstić information content (AvgIpc) is 3.28. The van der Waals surface area contributed by atoms with Gasteiger partial charge in [0.2, 0.25) is 11.8 Å². The lowest BCUT2D eigenvalue weighted by Crippen LogP contribution is -2.44. The van der Waals surface area contributed by atoms with Gasteiger partial charge in [0.1, 0.15) is 5.75 Å². The first-order valence-electron chi connectivity index (χ1n) is 10.4. The van der Waals surface area contributed by atoms with E-state index in [4.69, 9.17) is 4.74 Å². The lowest BCUT2D eigenvalue weighted by atomic mass is 10.0. The molecule has 6 nitrogen and oxygen atoms in total. The first-order valence-corrected chi connectivity index (χ1v) is 10.4. The van der Waals surface area contributed by atoms with Gasteiger partial charge < -0.3 is 9.72 Å². The third-order valence-electron chi connectivity index (χ3n) is 6.34. The minimum atomic E-state index is -0.359. The third-order valence-corrected chi connectivity index (χ3v) is 6.34. The first kappa shape index (κ1) is 18.9. The fraction of sp³-hybridized carbons (Fsp3) is 0.333. The molecular formula is C24H25N3O3. The maximum atomic E-state index is 13.0. The molecule has 0 bridgehead atoms. The predicted molar refractivity (Wildman–Crippen MR) is 114 cm³/mol. The molecule has 3 heterocycles. The van der Waals surface area contributed by atoms with Gasteiger partial charge in [0, 0.05) is 36.2 Å². The number of benzene rings is 2. The molecule has 30 heavy (non-hydrogen) atoms. The number of ether oxygens (including phenoxy) is 1. The number of nitrogens with one attached hydrogen (secondary N) is 1. The van der Waals surface area contributed by atoms with E-state index in [0.29, 0.717) is 19.5 Å². The molecule has 6 heteroatoms. The van der Waals surface area contributed by atoms with Gasteiger partial charge in [-0.05, 0) is 42.2 Å². The molecule has 2 aliphatic heterocycles. The number of methoxy groups -OCH3 is 1. The van der Waals surface area contributed by atoms with Crippen LogP contribution in [-0.4, -0.2) is 52.8 Å². The number of rotatable bonds is 5. The van der Waals surface area contributed by atoms with Crippen molar-refractivity contribution in [3.05, 3.63) is 65.4 Å². The zero-order valence-corrected chi connectivity index (χ0v) is 17.1. The van der Waals surface area contributed by atoms with Crippen LogP contribution in [0.2, 0.25) is 0 Å². The highest BCUT2D eigenvalue weighted by Crippen LogP contribution is 2.32. The van der Waals surface area contributed by atoms with Gasteiger partial charge in [-0.2, -0.15) is 0 Å². The van der Waals surface area contributed by atoms with Crippen LogP contribution in [-0.2, 0) is 29.0 Å². The van der Waals surface area contributed by atoms with Crippen LogP contribution in [0.25, 0.3) is 10.9 Å². The molecule has 0 spiro atoms. The molecule has 5 rings (SSSR count). The van der Waals surface area contributed by atoms with Gasteiger partial charge in [-0.1, -0.05) is 30.3 Å². The molecule has 1 unspecified atom stereocenters. The normalized spacial score (nSPS) is 19.5. The van der Waals surface area contributed by atoms with Gasteiger partial charge in [0.25, 0.3) is 0 Å². The van der Waals surface area contributed by atoms with E-state index in [0.717, 1.165) is 35.5 Å². The monoisotopic (exact) mass is 403 g/mol. The van der Waals surface area contributed by atoms with Crippen molar-refractivity contribution in [1.29, 1.82) is 0 Å². The van der Waals surface area contributed by atoms with E-state index in [-0.39, 0.29) is 24.3 Å². The number of carbonyl (C=O) groups is 2. The van der Waals surface area contributed by atoms with Gasteiger partial charge in [0.05, 0.1) is 19.6 Å². The van der Waals surface area contributed by atoms with E-state index in [1.54, 1.807) is 7.11 Å². The summed E-state index contributed by atoms with van der Waals surface area (Å²) < 4.78 is 5.37. The van der Waals surface area contributed by atoms with Gasteiger partial charge in [0.15, 0.2) is 0 Å². The van der Waals surface area contributed by atoms with Crippen molar-refractivity contribution in [3.63, 3.8) is 0 Å². The molecule has 0 aliphatic carbocycles. The largest absolute Gasteiger partial charge is 0.497 e. The smallest absolute Gasteiger partial charge is 0.247 e. The highest BCUT2D eigenvalue weighted by molar-refractivity contribution is 6.05. The number of H-pyrrole nitrogens is 1. The zero-order valence-electron chi connectivity index (χ0n) is 17.1. The molecule has 1 atom stereocenters. The second-order valence-electron chi connectivity index (χ2n) is 8.05. The van der Waals surface area contributed by atoms with Gasteiger partial charge >= 0.3 is 0 Å². The Morgan fingerprint density at radius 2 is 1.97 bits per heavy atom. The van der Waals surface area contributed by atoms with Crippen LogP contribution in [0.4, 0.5) is 0 Å². The van der Waals surface area contributed by atoms with Crippen molar-refractivity contribution >= 4 is 22.7 Å². The van der Waals surface area contributed by atoms with Gasteiger partial charge in [-0.15, -0.1) is 0 Å². The minimum Gasteiger partial charge on any atom is -0.497 e. The summed E-state index contributed by atoms with van der Waals surface area (Å²) >= 11 is 0. The Kier molecular flexibility index (Phi) is 4.79.